The molecule has 1 aromatic rings. The summed E-state index contributed by atoms with van der Waals surface area (Å²) in [6, 6.07) is 1.64. The molecular formula is C12H18BNO3. The SMILES string of the molecule is OB(O)c1cncc(OC2CCCCCC2)c1. The molecule has 0 amide bonds. The minimum absolute atomic E-state index is 0.241. The molecule has 0 unspecified atom stereocenters. The minimum Gasteiger partial charge on any atom is -0.489 e. The summed E-state index contributed by atoms with van der Waals surface area (Å²) in [4.78, 5) is 3.95. The van der Waals surface area contributed by atoms with E-state index in [9.17, 15) is 0 Å². The summed E-state index contributed by atoms with van der Waals surface area (Å²) in [5.41, 5.74) is 0.371. The Bertz CT molecular complexity index is 351. The Morgan fingerprint density at radius 3 is 2.47 bits per heavy atom. The number of pyridine rings is 1. The van der Waals surface area contributed by atoms with Gasteiger partial charge in [-0.1, -0.05) is 12.8 Å². The fourth-order valence-electron chi connectivity index (χ4n) is 2.19. The van der Waals surface area contributed by atoms with E-state index in [1.54, 1.807) is 12.3 Å². The molecule has 1 heterocycles. The van der Waals surface area contributed by atoms with Crippen molar-refractivity contribution in [1.82, 2.24) is 4.98 Å². The first-order valence-electron chi connectivity index (χ1n) is 6.23. The van der Waals surface area contributed by atoms with Crippen molar-refractivity contribution in [3.8, 4) is 5.75 Å². The molecule has 0 spiro atoms. The Hall–Kier alpha value is -1.07. The maximum Gasteiger partial charge on any atom is 0.490 e. The second kappa shape index (κ2) is 6.03. The molecule has 0 radical (unpaired) electrons. The van der Waals surface area contributed by atoms with Gasteiger partial charge in [0.25, 0.3) is 0 Å². The van der Waals surface area contributed by atoms with Crippen LogP contribution in [-0.2, 0) is 0 Å². The molecule has 1 saturated carbocycles. The van der Waals surface area contributed by atoms with E-state index in [-0.39, 0.29) is 6.10 Å². The Morgan fingerprint density at radius 1 is 1.12 bits per heavy atom. The summed E-state index contributed by atoms with van der Waals surface area (Å²) in [7, 11) is -1.49. The van der Waals surface area contributed by atoms with Crippen molar-refractivity contribution < 1.29 is 14.8 Å². The van der Waals surface area contributed by atoms with Gasteiger partial charge in [0.1, 0.15) is 5.75 Å². The molecule has 5 heteroatoms. The predicted molar refractivity (Wildman–Crippen MR) is 66.2 cm³/mol. The molecule has 0 aliphatic heterocycles. The van der Waals surface area contributed by atoms with E-state index in [1.807, 2.05) is 0 Å². The fourth-order valence-corrected chi connectivity index (χ4v) is 2.19. The monoisotopic (exact) mass is 235 g/mol. The largest absolute Gasteiger partial charge is 0.490 e. The maximum absolute atomic E-state index is 9.06. The molecule has 1 fully saturated rings. The summed E-state index contributed by atoms with van der Waals surface area (Å²) in [6.07, 6.45) is 10.4. The number of nitrogens with zero attached hydrogens (tertiary/aromatic N) is 1. The van der Waals surface area contributed by atoms with Crippen molar-refractivity contribution in [3.63, 3.8) is 0 Å². The Morgan fingerprint density at radius 2 is 1.82 bits per heavy atom. The molecule has 0 aromatic carbocycles. The summed E-state index contributed by atoms with van der Waals surface area (Å²) in [5, 5.41) is 18.1. The standard InChI is InChI=1S/C12H18BNO3/c15-13(16)10-7-12(9-14-8-10)17-11-5-3-1-2-4-6-11/h7-9,11,15-16H,1-6H2. The van der Waals surface area contributed by atoms with Gasteiger partial charge < -0.3 is 14.8 Å². The Balaban J connectivity index is 1.99. The van der Waals surface area contributed by atoms with Crippen molar-refractivity contribution in [2.75, 3.05) is 0 Å². The van der Waals surface area contributed by atoms with Crippen LogP contribution in [0.5, 0.6) is 5.75 Å². The maximum atomic E-state index is 9.06. The lowest BCUT2D eigenvalue weighted by atomic mass is 9.82. The van der Waals surface area contributed by atoms with Gasteiger partial charge in [-0.15, -0.1) is 0 Å². The van der Waals surface area contributed by atoms with Gasteiger partial charge in [-0.25, -0.2) is 0 Å². The van der Waals surface area contributed by atoms with Crippen molar-refractivity contribution in [2.24, 2.45) is 0 Å². The van der Waals surface area contributed by atoms with Gasteiger partial charge in [-0.05, 0) is 31.7 Å². The Kier molecular flexibility index (Phi) is 4.39. The molecule has 0 bridgehead atoms. The van der Waals surface area contributed by atoms with Crippen LogP contribution in [-0.4, -0.2) is 28.3 Å². The zero-order chi connectivity index (χ0) is 12.1. The lowest BCUT2D eigenvalue weighted by molar-refractivity contribution is 0.183. The second-order valence-electron chi connectivity index (χ2n) is 4.56. The van der Waals surface area contributed by atoms with E-state index < -0.39 is 7.12 Å². The molecule has 17 heavy (non-hydrogen) atoms. The van der Waals surface area contributed by atoms with Gasteiger partial charge in [0.15, 0.2) is 0 Å². The summed E-state index contributed by atoms with van der Waals surface area (Å²) in [5.74, 6) is 0.627. The van der Waals surface area contributed by atoms with Gasteiger partial charge in [-0.2, -0.15) is 0 Å². The zero-order valence-corrected chi connectivity index (χ0v) is 9.88. The van der Waals surface area contributed by atoms with Gasteiger partial charge in [0, 0.05) is 11.7 Å². The first kappa shape index (κ1) is 12.4. The first-order valence-corrected chi connectivity index (χ1v) is 6.23. The molecule has 0 atom stereocenters. The molecule has 1 aliphatic carbocycles. The third-order valence-electron chi connectivity index (χ3n) is 3.14. The van der Waals surface area contributed by atoms with Crippen molar-refractivity contribution in [3.05, 3.63) is 18.5 Å². The quantitative estimate of drug-likeness (QED) is 0.602. The van der Waals surface area contributed by atoms with Crippen LogP contribution in [0.1, 0.15) is 38.5 Å². The molecule has 1 aromatic heterocycles. The van der Waals surface area contributed by atoms with Crippen LogP contribution in [0.2, 0.25) is 0 Å². The van der Waals surface area contributed by atoms with E-state index in [0.29, 0.717) is 11.2 Å². The van der Waals surface area contributed by atoms with E-state index in [4.69, 9.17) is 14.8 Å². The molecule has 92 valence electrons. The number of hydrogen-bond donors (Lipinski definition) is 2. The average Bonchev–Trinajstić information content (AvgIpc) is 2.58. The molecule has 1 aliphatic rings. The Labute approximate surface area is 102 Å². The van der Waals surface area contributed by atoms with Crippen LogP contribution < -0.4 is 10.2 Å². The highest BCUT2D eigenvalue weighted by molar-refractivity contribution is 6.58. The van der Waals surface area contributed by atoms with Gasteiger partial charge in [-0.3, -0.25) is 4.98 Å². The van der Waals surface area contributed by atoms with Crippen LogP contribution >= 0.6 is 0 Å². The van der Waals surface area contributed by atoms with E-state index >= 15 is 0 Å². The van der Waals surface area contributed by atoms with Crippen LogP contribution in [0.15, 0.2) is 18.5 Å². The topological polar surface area (TPSA) is 62.6 Å². The summed E-state index contributed by atoms with van der Waals surface area (Å²) in [6.45, 7) is 0. The lowest BCUT2D eigenvalue weighted by Crippen LogP contribution is -2.30. The van der Waals surface area contributed by atoms with Crippen molar-refractivity contribution in [2.45, 2.75) is 44.6 Å². The van der Waals surface area contributed by atoms with Gasteiger partial charge in [0.05, 0.1) is 12.3 Å². The highest BCUT2D eigenvalue weighted by Gasteiger charge is 2.16. The molecule has 4 nitrogen and oxygen atoms in total. The number of rotatable bonds is 3. The van der Waals surface area contributed by atoms with E-state index in [2.05, 4.69) is 4.98 Å². The number of hydrogen-bond acceptors (Lipinski definition) is 4. The average molecular weight is 235 g/mol. The van der Waals surface area contributed by atoms with Crippen LogP contribution in [0.25, 0.3) is 0 Å². The van der Waals surface area contributed by atoms with Crippen molar-refractivity contribution >= 4 is 12.6 Å². The van der Waals surface area contributed by atoms with Crippen LogP contribution in [0.4, 0.5) is 0 Å². The lowest BCUT2D eigenvalue weighted by Gasteiger charge is -2.17. The smallest absolute Gasteiger partial charge is 0.489 e. The molecule has 0 saturated heterocycles. The highest BCUT2D eigenvalue weighted by Crippen LogP contribution is 2.21. The fraction of sp³-hybridized carbons (Fsp3) is 0.583. The normalized spacial score (nSPS) is 17.5. The van der Waals surface area contributed by atoms with E-state index in [0.717, 1.165) is 12.8 Å². The second-order valence-corrected chi connectivity index (χ2v) is 4.56. The minimum atomic E-state index is -1.49. The van der Waals surface area contributed by atoms with Gasteiger partial charge in [0.2, 0.25) is 0 Å². The van der Waals surface area contributed by atoms with Crippen LogP contribution in [0.3, 0.4) is 0 Å². The first-order chi connectivity index (χ1) is 8.25. The van der Waals surface area contributed by atoms with Gasteiger partial charge >= 0.3 is 7.12 Å². The molecular weight excluding hydrogens is 217 g/mol. The number of ether oxygens (including phenoxy) is 1. The molecule has 2 rings (SSSR count). The highest BCUT2D eigenvalue weighted by atomic mass is 16.5. The number of aromatic nitrogens is 1. The predicted octanol–water partition coefficient (Wildman–Crippen LogP) is 0.863. The molecule has 2 N–H and O–H groups in total. The van der Waals surface area contributed by atoms with E-state index in [1.165, 1.54) is 31.9 Å². The third kappa shape index (κ3) is 3.72. The zero-order valence-electron chi connectivity index (χ0n) is 9.88. The summed E-state index contributed by atoms with van der Waals surface area (Å²) >= 11 is 0. The third-order valence-corrected chi connectivity index (χ3v) is 3.14. The van der Waals surface area contributed by atoms with Crippen molar-refractivity contribution in [1.29, 1.82) is 0 Å². The van der Waals surface area contributed by atoms with Crippen LogP contribution in [0, 0.1) is 0 Å². The summed E-state index contributed by atoms with van der Waals surface area (Å²) < 4.78 is 5.84.